The van der Waals surface area contributed by atoms with Crippen LogP contribution in [0.25, 0.3) is 11.7 Å². The smallest absolute Gasteiger partial charge is 0.254 e. The Hall–Kier alpha value is -3.74. The van der Waals surface area contributed by atoms with Gasteiger partial charge in [-0.3, -0.25) is 19.7 Å². The molecule has 0 spiro atoms. The number of aromatic nitrogens is 3. The molecule has 4 aliphatic rings. The Labute approximate surface area is 208 Å². The molecular weight excluding hydrogens is 458 g/mol. The highest BCUT2D eigenvalue weighted by molar-refractivity contribution is 6.15. The van der Waals surface area contributed by atoms with Crippen LogP contribution in [0, 0.1) is 22.7 Å². The minimum atomic E-state index is -0.676. The number of Topliss-reactive ketones (excluding diaryl/α,β-unsaturated/α-hetero) is 1. The molecule has 10 nitrogen and oxygen atoms in total. The number of hydrogen-bond donors (Lipinski definition) is 3. The molecule has 1 saturated heterocycles. The van der Waals surface area contributed by atoms with Crippen LogP contribution >= 0.6 is 0 Å². The van der Waals surface area contributed by atoms with Gasteiger partial charge in [0, 0.05) is 35.7 Å². The van der Waals surface area contributed by atoms with Gasteiger partial charge < -0.3 is 10.6 Å². The summed E-state index contributed by atoms with van der Waals surface area (Å²) in [6, 6.07) is 4.86. The Kier molecular flexibility index (Phi) is 5.51. The van der Waals surface area contributed by atoms with Crippen LogP contribution in [-0.4, -0.2) is 44.3 Å². The summed E-state index contributed by atoms with van der Waals surface area (Å²) in [5.41, 5.74) is 1.03. The first kappa shape index (κ1) is 22.7. The van der Waals surface area contributed by atoms with E-state index >= 15 is 0 Å². The van der Waals surface area contributed by atoms with E-state index in [2.05, 4.69) is 27.1 Å². The Balaban J connectivity index is 1.18. The van der Waals surface area contributed by atoms with Gasteiger partial charge in [-0.1, -0.05) is 0 Å². The third-order valence-corrected chi connectivity index (χ3v) is 7.82. The van der Waals surface area contributed by atoms with Crippen LogP contribution in [0.5, 0.6) is 0 Å². The van der Waals surface area contributed by atoms with Crippen molar-refractivity contribution in [3.05, 3.63) is 23.4 Å². The Morgan fingerprint density at radius 2 is 1.89 bits per heavy atom. The molecule has 3 saturated carbocycles. The molecule has 2 amide bonds. The van der Waals surface area contributed by atoms with Crippen LogP contribution in [-0.2, 0) is 14.4 Å². The predicted octanol–water partition coefficient (Wildman–Crippen LogP) is 2.97. The summed E-state index contributed by atoms with van der Waals surface area (Å²) >= 11 is 0. The quantitative estimate of drug-likeness (QED) is 0.381. The van der Waals surface area contributed by atoms with E-state index in [0.717, 1.165) is 63.0 Å². The standard InChI is InChI=1S/C26H29N7O3/c27-14-26(7-8-26)20(34)9-15-1-3-18(4-2-15)29-21-12-22(30-19-5-6-19)33-24(31-21)17(13-28-33)10-16-11-23(35)32-25(16)36/h10,12-13,15,18-19,30H,1-9,11H2,(H,29,31)(H,32,35,36)/b16-10+. The zero-order valence-corrected chi connectivity index (χ0v) is 20.0. The van der Waals surface area contributed by atoms with Crippen molar-refractivity contribution in [2.75, 3.05) is 10.6 Å². The zero-order chi connectivity index (χ0) is 24.9. The Bertz CT molecular complexity index is 1320. The van der Waals surface area contributed by atoms with Gasteiger partial charge >= 0.3 is 0 Å². The molecule has 10 heteroatoms. The van der Waals surface area contributed by atoms with Crippen molar-refractivity contribution < 1.29 is 14.4 Å². The van der Waals surface area contributed by atoms with Crippen LogP contribution in [0.3, 0.4) is 0 Å². The number of fused-ring (bicyclic) bond motifs is 1. The van der Waals surface area contributed by atoms with Crippen LogP contribution in [0.4, 0.5) is 11.6 Å². The fourth-order valence-electron chi connectivity index (χ4n) is 5.26. The van der Waals surface area contributed by atoms with Crippen LogP contribution in [0.2, 0.25) is 0 Å². The van der Waals surface area contributed by atoms with E-state index < -0.39 is 5.41 Å². The van der Waals surface area contributed by atoms with Gasteiger partial charge in [0.1, 0.15) is 17.1 Å². The van der Waals surface area contributed by atoms with E-state index in [1.807, 2.05) is 6.07 Å². The third-order valence-electron chi connectivity index (χ3n) is 7.82. The lowest BCUT2D eigenvalue weighted by atomic mass is 9.81. The number of nitriles is 1. The molecular formula is C26H29N7O3. The lowest BCUT2D eigenvalue weighted by Crippen LogP contribution is -2.28. The average molecular weight is 488 g/mol. The minimum Gasteiger partial charge on any atom is -0.367 e. The highest BCUT2D eigenvalue weighted by Crippen LogP contribution is 2.47. The number of amides is 2. The third kappa shape index (κ3) is 4.45. The summed E-state index contributed by atoms with van der Waals surface area (Å²) in [6.45, 7) is 0. The van der Waals surface area contributed by atoms with Crippen molar-refractivity contribution in [3.8, 4) is 6.07 Å². The van der Waals surface area contributed by atoms with Crippen molar-refractivity contribution in [1.29, 1.82) is 5.26 Å². The second kappa shape index (κ2) is 8.73. The maximum atomic E-state index is 12.5. The molecule has 6 rings (SSSR count). The number of hydrogen-bond acceptors (Lipinski definition) is 8. The van der Waals surface area contributed by atoms with Gasteiger partial charge in [-0.2, -0.15) is 14.9 Å². The van der Waals surface area contributed by atoms with E-state index in [4.69, 9.17) is 4.98 Å². The highest BCUT2D eigenvalue weighted by Gasteiger charge is 2.50. The van der Waals surface area contributed by atoms with E-state index in [1.54, 1.807) is 16.8 Å². The van der Waals surface area contributed by atoms with Gasteiger partial charge in [-0.15, -0.1) is 0 Å². The van der Waals surface area contributed by atoms with Crippen molar-refractivity contribution >= 4 is 41.0 Å². The summed E-state index contributed by atoms with van der Waals surface area (Å²) in [6.07, 6.45) is 11.4. The number of nitrogens with one attached hydrogen (secondary N) is 3. The van der Waals surface area contributed by atoms with E-state index in [-0.39, 0.29) is 30.1 Å². The second-order valence-corrected chi connectivity index (χ2v) is 10.7. The number of imide groups is 1. The van der Waals surface area contributed by atoms with Gasteiger partial charge in [0.15, 0.2) is 11.4 Å². The molecule has 3 heterocycles. The molecule has 2 aromatic heterocycles. The summed E-state index contributed by atoms with van der Waals surface area (Å²) in [4.78, 5) is 41.0. The number of anilines is 2. The van der Waals surface area contributed by atoms with Crippen molar-refractivity contribution in [3.63, 3.8) is 0 Å². The number of carbonyl (C=O) groups is 3. The largest absolute Gasteiger partial charge is 0.367 e. The van der Waals surface area contributed by atoms with Gasteiger partial charge in [0.2, 0.25) is 5.91 Å². The molecule has 3 N–H and O–H groups in total. The molecule has 1 aliphatic heterocycles. The molecule has 36 heavy (non-hydrogen) atoms. The predicted molar refractivity (Wildman–Crippen MR) is 132 cm³/mol. The van der Waals surface area contributed by atoms with Crippen molar-refractivity contribution in [1.82, 2.24) is 19.9 Å². The van der Waals surface area contributed by atoms with Crippen molar-refractivity contribution in [2.24, 2.45) is 11.3 Å². The van der Waals surface area contributed by atoms with E-state index in [1.165, 1.54) is 0 Å². The first-order chi connectivity index (χ1) is 17.4. The average Bonchev–Trinajstić information content (AvgIpc) is 3.77. The molecule has 2 aromatic rings. The molecule has 3 aliphatic carbocycles. The monoisotopic (exact) mass is 487 g/mol. The molecule has 0 radical (unpaired) electrons. The first-order valence-corrected chi connectivity index (χ1v) is 12.8. The summed E-state index contributed by atoms with van der Waals surface area (Å²) in [7, 11) is 0. The van der Waals surface area contributed by atoms with E-state index in [9.17, 15) is 19.6 Å². The molecule has 0 bridgehead atoms. The molecule has 186 valence electrons. The second-order valence-electron chi connectivity index (χ2n) is 10.7. The molecule has 0 unspecified atom stereocenters. The Morgan fingerprint density at radius 3 is 2.53 bits per heavy atom. The van der Waals surface area contributed by atoms with Crippen LogP contribution < -0.4 is 16.0 Å². The summed E-state index contributed by atoms with van der Waals surface area (Å²) < 4.78 is 1.75. The molecule has 0 atom stereocenters. The topological polar surface area (TPSA) is 141 Å². The number of rotatable bonds is 8. The maximum absolute atomic E-state index is 12.5. The van der Waals surface area contributed by atoms with Crippen LogP contribution in [0.1, 0.15) is 69.8 Å². The Morgan fingerprint density at radius 1 is 1.17 bits per heavy atom. The summed E-state index contributed by atoms with van der Waals surface area (Å²) in [5, 5.41) is 23.2. The van der Waals surface area contributed by atoms with Gasteiger partial charge in [-0.25, -0.2) is 4.98 Å². The fourth-order valence-corrected chi connectivity index (χ4v) is 5.26. The van der Waals surface area contributed by atoms with Gasteiger partial charge in [0.25, 0.3) is 5.91 Å². The minimum absolute atomic E-state index is 0.0581. The number of ketones is 1. The zero-order valence-electron chi connectivity index (χ0n) is 20.0. The lowest BCUT2D eigenvalue weighted by Gasteiger charge is -2.29. The SMILES string of the molecule is N#CC1(C(=O)CC2CCC(Nc3cc(NC4CC4)n4ncc(/C=C5\CC(=O)NC5=O)c4n3)CC2)CC1. The normalized spacial score (nSPS) is 26.0. The highest BCUT2D eigenvalue weighted by atomic mass is 16.2. The lowest BCUT2D eigenvalue weighted by molar-refractivity contribution is -0.125. The molecule has 0 aromatic carbocycles. The fraction of sp³-hybridized carbons (Fsp3) is 0.538. The van der Waals surface area contributed by atoms with Gasteiger partial charge in [-0.05, 0) is 63.4 Å². The number of carbonyl (C=O) groups excluding carboxylic acids is 3. The van der Waals surface area contributed by atoms with Crippen molar-refractivity contribution in [2.45, 2.75) is 76.3 Å². The number of nitrogens with zero attached hydrogens (tertiary/aromatic N) is 4. The summed E-state index contributed by atoms with van der Waals surface area (Å²) in [5.74, 6) is 1.38. The van der Waals surface area contributed by atoms with Gasteiger partial charge in [0.05, 0.1) is 18.7 Å². The maximum Gasteiger partial charge on any atom is 0.254 e. The van der Waals surface area contributed by atoms with E-state index in [0.29, 0.717) is 35.2 Å². The van der Waals surface area contributed by atoms with Crippen LogP contribution in [0.15, 0.2) is 17.8 Å². The molecule has 4 fully saturated rings. The first-order valence-electron chi connectivity index (χ1n) is 12.8.